The van der Waals surface area contributed by atoms with Crippen molar-refractivity contribution in [2.75, 3.05) is 0 Å². The second kappa shape index (κ2) is 5.27. The van der Waals surface area contributed by atoms with Crippen molar-refractivity contribution >= 4 is 22.7 Å². The number of nitrogens with zero attached hydrogens (tertiary/aromatic N) is 1. The predicted molar refractivity (Wildman–Crippen MR) is 63.1 cm³/mol. The summed E-state index contributed by atoms with van der Waals surface area (Å²) < 4.78 is 0. The first kappa shape index (κ1) is 9.87. The summed E-state index contributed by atoms with van der Waals surface area (Å²) in [6.07, 6.45) is 7.26. The van der Waals surface area contributed by atoms with Crippen LogP contribution in [-0.2, 0) is 12.8 Å². The van der Waals surface area contributed by atoms with Crippen molar-refractivity contribution in [1.82, 2.24) is 4.98 Å². The van der Waals surface area contributed by atoms with Crippen molar-refractivity contribution in [1.29, 1.82) is 0 Å². The SMILES string of the molecule is c1cc2c(s1)CCCC2.c1cscn1. The average Bonchev–Trinajstić information content (AvgIpc) is 2.92. The Morgan fingerprint density at radius 2 is 2.07 bits per heavy atom. The lowest BCUT2D eigenvalue weighted by atomic mass is 10.00. The maximum absolute atomic E-state index is 3.74. The zero-order valence-corrected chi connectivity index (χ0v) is 9.61. The Hall–Kier alpha value is -0.670. The number of hydrogen-bond donors (Lipinski definition) is 0. The maximum atomic E-state index is 3.74. The molecule has 0 bridgehead atoms. The van der Waals surface area contributed by atoms with E-state index in [1.54, 1.807) is 33.5 Å². The third-order valence-electron chi connectivity index (χ3n) is 2.28. The normalized spacial score (nSPS) is 14.0. The molecule has 0 aliphatic heterocycles. The number of thiazole rings is 1. The number of hydrogen-bond acceptors (Lipinski definition) is 3. The molecule has 0 saturated carbocycles. The van der Waals surface area contributed by atoms with Crippen LogP contribution >= 0.6 is 22.7 Å². The van der Waals surface area contributed by atoms with Gasteiger partial charge in [-0.25, -0.2) is 0 Å². The van der Waals surface area contributed by atoms with Crippen LogP contribution in [0.5, 0.6) is 0 Å². The summed E-state index contributed by atoms with van der Waals surface area (Å²) in [5.74, 6) is 0. The largest absolute Gasteiger partial charge is 0.253 e. The van der Waals surface area contributed by atoms with Gasteiger partial charge in [0.25, 0.3) is 0 Å². The van der Waals surface area contributed by atoms with Gasteiger partial charge in [-0.05, 0) is 42.7 Å². The van der Waals surface area contributed by atoms with Crippen molar-refractivity contribution in [3.05, 3.63) is 39.0 Å². The lowest BCUT2D eigenvalue weighted by Crippen LogP contribution is -1.96. The number of fused-ring (bicyclic) bond motifs is 1. The van der Waals surface area contributed by atoms with Crippen LogP contribution in [0.2, 0.25) is 0 Å². The second-order valence-corrected chi connectivity index (χ2v) is 5.01. The molecule has 0 fully saturated rings. The average molecular weight is 223 g/mol. The number of aromatic nitrogens is 1. The van der Waals surface area contributed by atoms with Crippen LogP contribution < -0.4 is 0 Å². The van der Waals surface area contributed by atoms with Gasteiger partial charge >= 0.3 is 0 Å². The summed E-state index contributed by atoms with van der Waals surface area (Å²) in [7, 11) is 0. The molecule has 3 heteroatoms. The molecule has 14 heavy (non-hydrogen) atoms. The molecule has 1 aliphatic carbocycles. The number of aryl methyl sites for hydroxylation is 2. The van der Waals surface area contributed by atoms with Crippen LogP contribution in [0.1, 0.15) is 23.3 Å². The van der Waals surface area contributed by atoms with Gasteiger partial charge in [-0.3, -0.25) is 4.98 Å². The van der Waals surface area contributed by atoms with Gasteiger partial charge in [0.15, 0.2) is 0 Å². The third kappa shape index (κ3) is 2.66. The summed E-state index contributed by atoms with van der Waals surface area (Å²) in [5.41, 5.74) is 3.41. The molecule has 0 aromatic carbocycles. The number of thiophene rings is 1. The van der Waals surface area contributed by atoms with Gasteiger partial charge in [-0.1, -0.05) is 0 Å². The van der Waals surface area contributed by atoms with E-state index in [2.05, 4.69) is 16.4 Å². The molecule has 0 spiro atoms. The molecule has 0 saturated heterocycles. The minimum Gasteiger partial charge on any atom is -0.253 e. The van der Waals surface area contributed by atoms with Crippen LogP contribution in [0, 0.1) is 0 Å². The molecular formula is C11H13NS2. The third-order valence-corrected chi connectivity index (χ3v) is 3.83. The van der Waals surface area contributed by atoms with E-state index in [0.29, 0.717) is 0 Å². The topological polar surface area (TPSA) is 12.9 Å². The lowest BCUT2D eigenvalue weighted by Gasteiger charge is -2.08. The fraction of sp³-hybridized carbons (Fsp3) is 0.364. The standard InChI is InChI=1S/C8H10S.C3H3NS/c1-2-4-8-7(3-1)5-6-9-8;1-2-5-3-4-1/h5-6H,1-4H2;1-3H. The van der Waals surface area contributed by atoms with Crippen molar-refractivity contribution in [3.63, 3.8) is 0 Å². The van der Waals surface area contributed by atoms with Gasteiger partial charge in [-0.15, -0.1) is 22.7 Å². The van der Waals surface area contributed by atoms with E-state index < -0.39 is 0 Å². The van der Waals surface area contributed by atoms with Crippen LogP contribution in [0.25, 0.3) is 0 Å². The molecule has 74 valence electrons. The Balaban J connectivity index is 0.000000128. The van der Waals surface area contributed by atoms with Crippen molar-refractivity contribution in [2.45, 2.75) is 25.7 Å². The van der Waals surface area contributed by atoms with Crippen LogP contribution in [0.3, 0.4) is 0 Å². The molecule has 1 nitrogen and oxygen atoms in total. The molecular weight excluding hydrogens is 210 g/mol. The first-order valence-electron chi connectivity index (χ1n) is 4.84. The molecule has 0 unspecified atom stereocenters. The van der Waals surface area contributed by atoms with E-state index in [4.69, 9.17) is 0 Å². The Morgan fingerprint density at radius 3 is 2.71 bits per heavy atom. The van der Waals surface area contributed by atoms with E-state index in [1.165, 1.54) is 25.7 Å². The van der Waals surface area contributed by atoms with Gasteiger partial charge in [0.2, 0.25) is 0 Å². The second-order valence-electron chi connectivity index (χ2n) is 3.25. The molecule has 3 rings (SSSR count). The summed E-state index contributed by atoms with van der Waals surface area (Å²) in [5, 5.41) is 4.15. The molecule has 0 N–H and O–H groups in total. The molecule has 0 atom stereocenters. The van der Waals surface area contributed by atoms with E-state index in [0.717, 1.165) is 0 Å². The van der Waals surface area contributed by atoms with Gasteiger partial charge in [-0.2, -0.15) is 0 Å². The molecule has 2 heterocycles. The zero-order chi connectivity index (χ0) is 9.64. The lowest BCUT2D eigenvalue weighted by molar-refractivity contribution is 0.697. The Labute approximate surface area is 92.4 Å². The van der Waals surface area contributed by atoms with Gasteiger partial charge < -0.3 is 0 Å². The molecule has 0 amide bonds. The highest BCUT2D eigenvalue weighted by atomic mass is 32.1. The minimum atomic E-state index is 1.33. The van der Waals surface area contributed by atoms with Gasteiger partial charge in [0.1, 0.15) is 0 Å². The predicted octanol–water partition coefficient (Wildman–Crippen LogP) is 3.77. The van der Waals surface area contributed by atoms with Crippen molar-refractivity contribution in [2.24, 2.45) is 0 Å². The summed E-state index contributed by atoms with van der Waals surface area (Å²) >= 11 is 3.53. The molecule has 2 aromatic heterocycles. The monoisotopic (exact) mass is 223 g/mol. The highest BCUT2D eigenvalue weighted by Crippen LogP contribution is 2.25. The van der Waals surface area contributed by atoms with Gasteiger partial charge in [0.05, 0.1) is 5.51 Å². The Kier molecular flexibility index (Phi) is 3.72. The maximum Gasteiger partial charge on any atom is 0.0791 e. The zero-order valence-electron chi connectivity index (χ0n) is 7.98. The minimum absolute atomic E-state index is 1.33. The Bertz CT molecular complexity index is 313. The summed E-state index contributed by atoms with van der Waals surface area (Å²) in [6.45, 7) is 0. The smallest absolute Gasteiger partial charge is 0.0791 e. The molecule has 2 aromatic rings. The fourth-order valence-corrected chi connectivity index (χ4v) is 2.92. The van der Waals surface area contributed by atoms with Gasteiger partial charge in [0, 0.05) is 16.5 Å². The quantitative estimate of drug-likeness (QED) is 0.662. The summed E-state index contributed by atoms with van der Waals surface area (Å²) in [4.78, 5) is 5.38. The highest BCUT2D eigenvalue weighted by Gasteiger charge is 2.08. The van der Waals surface area contributed by atoms with E-state index in [-0.39, 0.29) is 0 Å². The van der Waals surface area contributed by atoms with Crippen LogP contribution in [0.15, 0.2) is 28.5 Å². The molecule has 0 radical (unpaired) electrons. The fourth-order valence-electron chi connectivity index (χ4n) is 1.59. The van der Waals surface area contributed by atoms with Crippen LogP contribution in [0.4, 0.5) is 0 Å². The van der Waals surface area contributed by atoms with Crippen molar-refractivity contribution in [3.8, 4) is 0 Å². The van der Waals surface area contributed by atoms with E-state index in [9.17, 15) is 0 Å². The van der Waals surface area contributed by atoms with Crippen LogP contribution in [-0.4, -0.2) is 4.98 Å². The summed E-state index contributed by atoms with van der Waals surface area (Å²) in [6, 6.07) is 2.28. The molecule has 1 aliphatic rings. The Morgan fingerprint density at radius 1 is 1.14 bits per heavy atom. The number of rotatable bonds is 0. The van der Waals surface area contributed by atoms with E-state index >= 15 is 0 Å². The van der Waals surface area contributed by atoms with E-state index in [1.807, 2.05) is 16.7 Å². The first-order chi connectivity index (χ1) is 6.97. The van der Waals surface area contributed by atoms with Crippen molar-refractivity contribution < 1.29 is 0 Å². The highest BCUT2D eigenvalue weighted by molar-refractivity contribution is 7.10. The first-order valence-corrected chi connectivity index (χ1v) is 6.66.